The molecule has 0 heterocycles. The van der Waals surface area contributed by atoms with Crippen LogP contribution >= 0.6 is 0 Å². The second-order valence-corrected chi connectivity index (χ2v) is 6.12. The molecule has 17 heavy (non-hydrogen) atoms. The van der Waals surface area contributed by atoms with E-state index in [9.17, 15) is 4.79 Å². The molecule has 2 nitrogen and oxygen atoms in total. The van der Waals surface area contributed by atoms with E-state index in [1.165, 1.54) is 0 Å². The fourth-order valence-corrected chi connectivity index (χ4v) is 1.79. The molecule has 0 aromatic rings. The first kappa shape index (κ1) is 16.6. The molecule has 0 N–H and O–H groups in total. The van der Waals surface area contributed by atoms with Crippen molar-refractivity contribution in [2.75, 3.05) is 6.61 Å². The second kappa shape index (κ2) is 7.15. The molecule has 102 valence electrons. The van der Waals surface area contributed by atoms with Crippen molar-refractivity contribution in [3.63, 3.8) is 0 Å². The standard InChI is InChI=1S/C15H30O2/c1-7-11-14(3,4)13(16)10-9-12-17-15(5,6)8-2/h7-12H2,1-6H3. The smallest absolute Gasteiger partial charge is 0.138 e. The molecule has 0 unspecified atom stereocenters. The van der Waals surface area contributed by atoms with Crippen LogP contribution in [0, 0.1) is 5.41 Å². The van der Waals surface area contributed by atoms with E-state index >= 15 is 0 Å². The first-order chi connectivity index (χ1) is 7.75. The van der Waals surface area contributed by atoms with E-state index in [2.05, 4.69) is 41.5 Å². The number of hydrogen-bond acceptors (Lipinski definition) is 2. The summed E-state index contributed by atoms with van der Waals surface area (Å²) in [5, 5.41) is 0. The van der Waals surface area contributed by atoms with Gasteiger partial charge in [0, 0.05) is 18.4 Å². The molecule has 0 spiro atoms. The molecule has 0 saturated carbocycles. The highest BCUT2D eigenvalue weighted by atomic mass is 16.5. The SMILES string of the molecule is CCCC(C)(C)C(=O)CCCOC(C)(C)CC. The number of hydrogen-bond donors (Lipinski definition) is 0. The highest BCUT2D eigenvalue weighted by Gasteiger charge is 2.25. The number of rotatable bonds is 9. The van der Waals surface area contributed by atoms with E-state index < -0.39 is 0 Å². The third-order valence-electron chi connectivity index (χ3n) is 3.52. The van der Waals surface area contributed by atoms with Crippen LogP contribution < -0.4 is 0 Å². The molecule has 0 rings (SSSR count). The highest BCUT2D eigenvalue weighted by Crippen LogP contribution is 2.25. The van der Waals surface area contributed by atoms with E-state index in [-0.39, 0.29) is 11.0 Å². The summed E-state index contributed by atoms with van der Waals surface area (Å²) in [5.41, 5.74) is -0.211. The monoisotopic (exact) mass is 242 g/mol. The van der Waals surface area contributed by atoms with E-state index in [0.717, 1.165) is 25.7 Å². The minimum atomic E-state index is -0.158. The molecule has 0 atom stereocenters. The Kier molecular flexibility index (Phi) is 6.99. The summed E-state index contributed by atoms with van der Waals surface area (Å²) in [6, 6.07) is 0. The van der Waals surface area contributed by atoms with Gasteiger partial charge in [-0.1, -0.05) is 34.1 Å². The normalized spacial score (nSPS) is 12.8. The maximum Gasteiger partial charge on any atom is 0.138 e. The zero-order valence-corrected chi connectivity index (χ0v) is 12.6. The third-order valence-corrected chi connectivity index (χ3v) is 3.52. The number of carbonyl (C=O) groups excluding carboxylic acids is 1. The van der Waals surface area contributed by atoms with Gasteiger partial charge in [-0.2, -0.15) is 0 Å². The average Bonchev–Trinajstić information content (AvgIpc) is 2.24. The molecule has 0 radical (unpaired) electrons. The lowest BCUT2D eigenvalue weighted by Gasteiger charge is -2.25. The Labute approximate surface area is 107 Å². The van der Waals surface area contributed by atoms with Crippen LogP contribution in [-0.4, -0.2) is 18.0 Å². The average molecular weight is 242 g/mol. The number of Topliss-reactive ketones (excluding diaryl/α,β-unsaturated/α-hetero) is 1. The van der Waals surface area contributed by atoms with E-state index in [1.807, 2.05) is 0 Å². The molecule has 0 aromatic carbocycles. The Morgan fingerprint density at radius 2 is 1.71 bits per heavy atom. The minimum Gasteiger partial charge on any atom is -0.376 e. The van der Waals surface area contributed by atoms with Gasteiger partial charge >= 0.3 is 0 Å². The number of ketones is 1. The summed E-state index contributed by atoms with van der Waals surface area (Å²) in [5.74, 6) is 0.372. The van der Waals surface area contributed by atoms with Crippen LogP contribution in [0.3, 0.4) is 0 Å². The summed E-state index contributed by atoms with van der Waals surface area (Å²) < 4.78 is 5.75. The minimum absolute atomic E-state index is 0.0536. The molecule has 0 aliphatic rings. The van der Waals surface area contributed by atoms with Crippen molar-refractivity contribution in [1.82, 2.24) is 0 Å². The maximum absolute atomic E-state index is 12.0. The molecule has 0 amide bonds. The van der Waals surface area contributed by atoms with Gasteiger partial charge in [-0.3, -0.25) is 4.79 Å². The molecule has 0 fully saturated rings. The zero-order valence-electron chi connectivity index (χ0n) is 12.6. The summed E-state index contributed by atoms with van der Waals surface area (Å²) in [4.78, 5) is 12.0. The molecule has 0 aliphatic carbocycles. The molecular formula is C15H30O2. The van der Waals surface area contributed by atoms with Gasteiger partial charge < -0.3 is 4.74 Å². The van der Waals surface area contributed by atoms with Crippen molar-refractivity contribution in [2.24, 2.45) is 5.41 Å². The first-order valence-corrected chi connectivity index (χ1v) is 6.92. The molecule has 2 heteroatoms. The zero-order chi connectivity index (χ0) is 13.5. The van der Waals surface area contributed by atoms with Crippen LogP contribution in [0.4, 0.5) is 0 Å². The van der Waals surface area contributed by atoms with Crippen LogP contribution in [0.25, 0.3) is 0 Å². The van der Waals surface area contributed by atoms with E-state index in [4.69, 9.17) is 4.74 Å². The predicted molar refractivity (Wildman–Crippen MR) is 73.3 cm³/mol. The van der Waals surface area contributed by atoms with Gasteiger partial charge in [0.1, 0.15) is 5.78 Å². The topological polar surface area (TPSA) is 26.3 Å². The molecular weight excluding hydrogens is 212 g/mol. The van der Waals surface area contributed by atoms with Gasteiger partial charge in [0.15, 0.2) is 0 Å². The van der Waals surface area contributed by atoms with Crippen LogP contribution in [0.15, 0.2) is 0 Å². The van der Waals surface area contributed by atoms with E-state index in [0.29, 0.717) is 18.8 Å². The molecule has 0 aromatic heterocycles. The third kappa shape index (κ3) is 6.82. The van der Waals surface area contributed by atoms with Crippen molar-refractivity contribution in [1.29, 1.82) is 0 Å². The molecule has 0 saturated heterocycles. The Bertz CT molecular complexity index is 229. The Balaban J connectivity index is 3.86. The van der Waals surface area contributed by atoms with Gasteiger partial charge in [-0.05, 0) is 33.1 Å². The van der Waals surface area contributed by atoms with Crippen LogP contribution in [0.5, 0.6) is 0 Å². The Hall–Kier alpha value is -0.370. The summed E-state index contributed by atoms with van der Waals surface area (Å²) >= 11 is 0. The lowest BCUT2D eigenvalue weighted by atomic mass is 9.82. The summed E-state index contributed by atoms with van der Waals surface area (Å²) in [6.45, 7) is 13.2. The highest BCUT2D eigenvalue weighted by molar-refractivity contribution is 5.83. The van der Waals surface area contributed by atoms with Crippen LogP contribution in [-0.2, 0) is 9.53 Å². The molecule has 0 aliphatic heterocycles. The fraction of sp³-hybridized carbons (Fsp3) is 0.933. The van der Waals surface area contributed by atoms with Crippen molar-refractivity contribution < 1.29 is 9.53 Å². The van der Waals surface area contributed by atoms with Crippen molar-refractivity contribution in [2.45, 2.75) is 79.2 Å². The predicted octanol–water partition coefficient (Wildman–Crippen LogP) is 4.37. The number of carbonyl (C=O) groups is 1. The van der Waals surface area contributed by atoms with Crippen molar-refractivity contribution >= 4 is 5.78 Å². The van der Waals surface area contributed by atoms with Gasteiger partial charge in [0.25, 0.3) is 0 Å². The Morgan fingerprint density at radius 3 is 2.18 bits per heavy atom. The fourth-order valence-electron chi connectivity index (χ4n) is 1.79. The van der Waals surface area contributed by atoms with Crippen LogP contribution in [0.1, 0.15) is 73.6 Å². The van der Waals surface area contributed by atoms with Gasteiger partial charge in [-0.25, -0.2) is 0 Å². The number of ether oxygens (including phenoxy) is 1. The largest absolute Gasteiger partial charge is 0.376 e. The lowest BCUT2D eigenvalue weighted by molar-refractivity contribution is -0.128. The summed E-state index contributed by atoms with van der Waals surface area (Å²) in [7, 11) is 0. The van der Waals surface area contributed by atoms with Crippen LogP contribution in [0.2, 0.25) is 0 Å². The van der Waals surface area contributed by atoms with Crippen molar-refractivity contribution in [3.05, 3.63) is 0 Å². The maximum atomic E-state index is 12.0. The van der Waals surface area contributed by atoms with E-state index in [1.54, 1.807) is 0 Å². The summed E-state index contributed by atoms with van der Waals surface area (Å²) in [6.07, 6.45) is 4.54. The van der Waals surface area contributed by atoms with Gasteiger partial charge in [0.05, 0.1) is 5.60 Å². The second-order valence-electron chi connectivity index (χ2n) is 6.12. The van der Waals surface area contributed by atoms with Crippen molar-refractivity contribution in [3.8, 4) is 0 Å². The molecule has 0 bridgehead atoms. The Morgan fingerprint density at radius 1 is 1.12 bits per heavy atom. The van der Waals surface area contributed by atoms with Gasteiger partial charge in [0.2, 0.25) is 0 Å². The quantitative estimate of drug-likeness (QED) is 0.561. The first-order valence-electron chi connectivity index (χ1n) is 6.92. The van der Waals surface area contributed by atoms with Gasteiger partial charge in [-0.15, -0.1) is 0 Å². The lowest BCUT2D eigenvalue weighted by Crippen LogP contribution is -2.26.